The van der Waals surface area contributed by atoms with E-state index in [-0.39, 0.29) is 17.7 Å². The molecule has 0 bridgehead atoms. The van der Waals surface area contributed by atoms with Crippen LogP contribution in [0.1, 0.15) is 5.56 Å². The van der Waals surface area contributed by atoms with Crippen molar-refractivity contribution >= 4 is 23.5 Å². The van der Waals surface area contributed by atoms with Gasteiger partial charge in [-0.15, -0.1) is 0 Å². The van der Waals surface area contributed by atoms with Crippen LogP contribution in [0.4, 0.5) is 27.9 Å². The normalized spacial score (nSPS) is 10.2. The average Bonchev–Trinajstić information content (AvgIpc) is 2.42. The molecule has 0 saturated carbocycles. The quantitative estimate of drug-likeness (QED) is 0.575. The molecule has 0 fully saturated rings. The van der Waals surface area contributed by atoms with Crippen molar-refractivity contribution in [3.05, 3.63) is 29.6 Å². The summed E-state index contributed by atoms with van der Waals surface area (Å²) < 4.78 is 13.7. The summed E-state index contributed by atoms with van der Waals surface area (Å²) in [5, 5.41) is 2.82. The number of halogens is 1. The Hall–Kier alpha value is -2.48. The first-order valence-corrected chi connectivity index (χ1v) is 5.93. The smallest absolute Gasteiger partial charge is 0.243 e. The van der Waals surface area contributed by atoms with Crippen LogP contribution < -0.4 is 21.5 Å². The predicted octanol–water partition coefficient (Wildman–Crippen LogP) is 1.41. The van der Waals surface area contributed by atoms with E-state index in [0.717, 1.165) is 5.56 Å². The third kappa shape index (κ3) is 3.09. The molecule has 2 aromatic rings. The largest absolute Gasteiger partial charge is 0.347 e. The maximum atomic E-state index is 13.7. The molecule has 0 aliphatic rings. The highest BCUT2D eigenvalue weighted by Crippen LogP contribution is 2.20. The lowest BCUT2D eigenvalue weighted by Gasteiger charge is -2.13. The molecule has 0 amide bonds. The van der Waals surface area contributed by atoms with Gasteiger partial charge < -0.3 is 10.2 Å². The first kappa shape index (κ1) is 13.9. The summed E-state index contributed by atoms with van der Waals surface area (Å²) >= 11 is 0. The maximum absolute atomic E-state index is 13.7. The zero-order chi connectivity index (χ0) is 14.7. The van der Waals surface area contributed by atoms with Gasteiger partial charge in [0.1, 0.15) is 5.82 Å². The Labute approximate surface area is 116 Å². The second-order valence-electron chi connectivity index (χ2n) is 4.43. The molecule has 0 spiro atoms. The van der Waals surface area contributed by atoms with Crippen LogP contribution in [-0.2, 0) is 0 Å². The molecule has 7 nitrogen and oxygen atoms in total. The van der Waals surface area contributed by atoms with Crippen molar-refractivity contribution in [1.82, 2.24) is 15.0 Å². The van der Waals surface area contributed by atoms with E-state index in [1.54, 1.807) is 31.1 Å². The topological polar surface area (TPSA) is 92.0 Å². The van der Waals surface area contributed by atoms with Crippen molar-refractivity contribution < 1.29 is 4.39 Å². The second kappa shape index (κ2) is 5.66. The number of nitrogen functional groups attached to an aromatic ring is 1. The Kier molecular flexibility index (Phi) is 3.94. The fourth-order valence-corrected chi connectivity index (χ4v) is 1.54. The van der Waals surface area contributed by atoms with Crippen LogP contribution in [0.25, 0.3) is 0 Å². The minimum absolute atomic E-state index is 0.194. The monoisotopic (exact) mass is 277 g/mol. The van der Waals surface area contributed by atoms with Gasteiger partial charge in [0.05, 0.1) is 5.69 Å². The second-order valence-corrected chi connectivity index (χ2v) is 4.43. The molecule has 4 N–H and O–H groups in total. The lowest BCUT2D eigenvalue weighted by molar-refractivity contribution is 0.631. The zero-order valence-electron chi connectivity index (χ0n) is 11.5. The van der Waals surface area contributed by atoms with Gasteiger partial charge in [-0.05, 0) is 24.6 Å². The Morgan fingerprint density at radius 1 is 1.15 bits per heavy atom. The van der Waals surface area contributed by atoms with Gasteiger partial charge in [0.2, 0.25) is 17.8 Å². The highest BCUT2D eigenvalue weighted by Gasteiger charge is 2.09. The number of hydrogen-bond acceptors (Lipinski definition) is 7. The molecule has 0 unspecified atom stereocenters. The van der Waals surface area contributed by atoms with Gasteiger partial charge in [-0.25, -0.2) is 10.2 Å². The fourth-order valence-electron chi connectivity index (χ4n) is 1.54. The van der Waals surface area contributed by atoms with Gasteiger partial charge in [-0.2, -0.15) is 15.0 Å². The molecule has 20 heavy (non-hydrogen) atoms. The summed E-state index contributed by atoms with van der Waals surface area (Å²) in [5.74, 6) is 5.74. The van der Waals surface area contributed by atoms with Crippen molar-refractivity contribution in [2.24, 2.45) is 5.84 Å². The molecule has 0 radical (unpaired) electrons. The summed E-state index contributed by atoms with van der Waals surface area (Å²) in [6.07, 6.45) is 0. The molecule has 0 aliphatic carbocycles. The SMILES string of the molecule is Cc1ccc(F)c(Nc2nc(NN)nc(N(C)C)n2)c1. The van der Waals surface area contributed by atoms with E-state index >= 15 is 0 Å². The maximum Gasteiger partial charge on any atom is 0.243 e. The predicted molar refractivity (Wildman–Crippen MR) is 76.4 cm³/mol. The Morgan fingerprint density at radius 3 is 2.50 bits per heavy atom. The van der Waals surface area contributed by atoms with E-state index in [2.05, 4.69) is 25.7 Å². The molecular formula is C12H16FN7. The summed E-state index contributed by atoms with van der Waals surface area (Å²) in [6.45, 7) is 1.87. The standard InChI is InChI=1S/C12H16FN7/c1-7-4-5-8(13)9(6-7)15-10-16-11(19-14)18-12(17-10)20(2)3/h4-6H,14H2,1-3H3,(H2,15,16,17,18,19). The van der Waals surface area contributed by atoms with E-state index in [0.29, 0.717) is 11.6 Å². The number of benzene rings is 1. The third-order valence-corrected chi connectivity index (χ3v) is 2.52. The first-order valence-electron chi connectivity index (χ1n) is 5.93. The van der Waals surface area contributed by atoms with E-state index in [1.807, 2.05) is 6.92 Å². The van der Waals surface area contributed by atoms with Crippen LogP contribution >= 0.6 is 0 Å². The van der Waals surface area contributed by atoms with Crippen LogP contribution in [0.5, 0.6) is 0 Å². The van der Waals surface area contributed by atoms with E-state index in [9.17, 15) is 4.39 Å². The number of aryl methyl sites for hydroxylation is 1. The molecule has 0 saturated heterocycles. The van der Waals surface area contributed by atoms with Gasteiger partial charge >= 0.3 is 0 Å². The number of nitrogens with zero attached hydrogens (tertiary/aromatic N) is 4. The van der Waals surface area contributed by atoms with Crippen molar-refractivity contribution in [3.8, 4) is 0 Å². The Bertz CT molecular complexity index is 615. The van der Waals surface area contributed by atoms with Gasteiger partial charge in [0.25, 0.3) is 0 Å². The number of nitrogens with two attached hydrogens (primary N) is 1. The minimum Gasteiger partial charge on any atom is -0.347 e. The van der Waals surface area contributed by atoms with Crippen molar-refractivity contribution in [2.75, 3.05) is 29.7 Å². The highest BCUT2D eigenvalue weighted by atomic mass is 19.1. The summed E-state index contributed by atoms with van der Waals surface area (Å²) in [6, 6.07) is 4.74. The number of hydrogen-bond donors (Lipinski definition) is 3. The van der Waals surface area contributed by atoms with Crippen molar-refractivity contribution in [3.63, 3.8) is 0 Å². The van der Waals surface area contributed by atoms with Crippen LogP contribution in [0, 0.1) is 12.7 Å². The van der Waals surface area contributed by atoms with Crippen molar-refractivity contribution in [1.29, 1.82) is 0 Å². The number of anilines is 4. The molecule has 0 atom stereocenters. The summed E-state index contributed by atoms with van der Waals surface area (Å²) in [5.41, 5.74) is 3.57. The summed E-state index contributed by atoms with van der Waals surface area (Å²) in [4.78, 5) is 14.0. The highest BCUT2D eigenvalue weighted by molar-refractivity contribution is 5.57. The molecular weight excluding hydrogens is 261 g/mol. The van der Waals surface area contributed by atoms with Crippen LogP contribution in [0.2, 0.25) is 0 Å². The lowest BCUT2D eigenvalue weighted by atomic mass is 10.2. The zero-order valence-corrected chi connectivity index (χ0v) is 11.5. The molecule has 106 valence electrons. The van der Waals surface area contributed by atoms with Crippen LogP contribution in [0.15, 0.2) is 18.2 Å². The number of nitrogens with one attached hydrogen (secondary N) is 2. The van der Waals surface area contributed by atoms with Gasteiger partial charge in [0.15, 0.2) is 0 Å². The minimum atomic E-state index is -0.385. The molecule has 8 heteroatoms. The molecule has 1 aromatic heterocycles. The molecule has 1 aromatic carbocycles. The number of rotatable bonds is 4. The molecule has 2 rings (SSSR count). The van der Waals surface area contributed by atoms with Crippen LogP contribution in [0.3, 0.4) is 0 Å². The molecule has 0 aliphatic heterocycles. The molecule has 1 heterocycles. The number of hydrazine groups is 1. The van der Waals surface area contributed by atoms with Gasteiger partial charge in [0, 0.05) is 14.1 Å². The third-order valence-electron chi connectivity index (χ3n) is 2.52. The Balaban J connectivity index is 2.37. The van der Waals surface area contributed by atoms with Crippen molar-refractivity contribution in [2.45, 2.75) is 6.92 Å². The Morgan fingerprint density at radius 2 is 1.85 bits per heavy atom. The summed E-state index contributed by atoms with van der Waals surface area (Å²) in [7, 11) is 3.57. The van der Waals surface area contributed by atoms with E-state index in [4.69, 9.17) is 5.84 Å². The van der Waals surface area contributed by atoms with Crippen LogP contribution in [-0.4, -0.2) is 29.0 Å². The number of aromatic nitrogens is 3. The van der Waals surface area contributed by atoms with Gasteiger partial charge in [-0.1, -0.05) is 6.07 Å². The first-order chi connectivity index (χ1) is 9.49. The fraction of sp³-hybridized carbons (Fsp3) is 0.250. The van der Waals surface area contributed by atoms with E-state index in [1.165, 1.54) is 6.07 Å². The lowest BCUT2D eigenvalue weighted by Crippen LogP contribution is -2.18. The van der Waals surface area contributed by atoms with Gasteiger partial charge in [-0.3, -0.25) is 5.43 Å². The van der Waals surface area contributed by atoms with E-state index < -0.39 is 0 Å². The average molecular weight is 277 g/mol.